The highest BCUT2D eigenvalue weighted by Crippen LogP contribution is 2.14. The van der Waals surface area contributed by atoms with E-state index in [9.17, 15) is 14.7 Å². The zero-order valence-electron chi connectivity index (χ0n) is 12.3. The molecule has 7 heteroatoms. The summed E-state index contributed by atoms with van der Waals surface area (Å²) in [6.45, 7) is 0. The van der Waals surface area contributed by atoms with E-state index in [0.717, 1.165) is 5.56 Å². The second-order valence-electron chi connectivity index (χ2n) is 4.66. The van der Waals surface area contributed by atoms with Gasteiger partial charge in [-0.05, 0) is 42.1 Å². The number of hydrogen-bond acceptors (Lipinski definition) is 4. The summed E-state index contributed by atoms with van der Waals surface area (Å²) < 4.78 is 0. The molecular formula is C17H12ClN2O3S-. The van der Waals surface area contributed by atoms with Gasteiger partial charge in [0.2, 0.25) is 5.91 Å². The van der Waals surface area contributed by atoms with Crippen LogP contribution in [0.1, 0.15) is 15.9 Å². The second-order valence-corrected chi connectivity index (χ2v) is 5.51. The van der Waals surface area contributed by atoms with E-state index in [2.05, 4.69) is 10.6 Å². The Morgan fingerprint density at radius 1 is 1.08 bits per heavy atom. The molecule has 0 spiro atoms. The quantitative estimate of drug-likeness (QED) is 0.646. The smallest absolute Gasteiger partial charge is 0.250 e. The number of para-hydroxylation sites is 1. The number of nitrogens with one attached hydrogen (secondary N) is 2. The highest BCUT2D eigenvalue weighted by Gasteiger charge is 2.06. The Morgan fingerprint density at radius 3 is 2.42 bits per heavy atom. The van der Waals surface area contributed by atoms with Crippen LogP contribution in [0.2, 0.25) is 5.02 Å². The van der Waals surface area contributed by atoms with Crippen molar-refractivity contribution in [3.8, 4) is 0 Å². The molecule has 0 bridgehead atoms. The lowest BCUT2D eigenvalue weighted by atomic mass is 10.2. The van der Waals surface area contributed by atoms with Crippen LogP contribution in [0.4, 0.5) is 5.69 Å². The van der Waals surface area contributed by atoms with Crippen LogP contribution in [0.25, 0.3) is 6.08 Å². The number of amides is 1. The van der Waals surface area contributed by atoms with Gasteiger partial charge < -0.3 is 15.2 Å². The van der Waals surface area contributed by atoms with E-state index in [-0.39, 0.29) is 16.4 Å². The van der Waals surface area contributed by atoms with Crippen LogP contribution in [-0.2, 0) is 4.79 Å². The molecule has 0 saturated carbocycles. The first-order valence-electron chi connectivity index (χ1n) is 6.81. The first kappa shape index (κ1) is 17.7. The van der Waals surface area contributed by atoms with Gasteiger partial charge in [0.15, 0.2) is 5.11 Å². The number of aromatic carboxylic acids is 1. The largest absolute Gasteiger partial charge is 0.545 e. The molecule has 1 amide bonds. The van der Waals surface area contributed by atoms with E-state index < -0.39 is 11.9 Å². The fourth-order valence-electron chi connectivity index (χ4n) is 1.82. The Balaban J connectivity index is 1.96. The molecule has 122 valence electrons. The predicted molar refractivity (Wildman–Crippen MR) is 95.6 cm³/mol. The van der Waals surface area contributed by atoms with Crippen LogP contribution < -0.4 is 15.7 Å². The Hall–Kier alpha value is -2.70. The van der Waals surface area contributed by atoms with Crippen molar-refractivity contribution in [2.24, 2.45) is 0 Å². The van der Waals surface area contributed by atoms with Crippen molar-refractivity contribution in [1.29, 1.82) is 0 Å². The molecule has 0 unspecified atom stereocenters. The van der Waals surface area contributed by atoms with Crippen molar-refractivity contribution in [2.45, 2.75) is 0 Å². The molecule has 0 aliphatic rings. The van der Waals surface area contributed by atoms with Crippen LogP contribution >= 0.6 is 23.8 Å². The average Bonchev–Trinajstić information content (AvgIpc) is 2.54. The highest BCUT2D eigenvalue weighted by atomic mass is 35.5. The summed E-state index contributed by atoms with van der Waals surface area (Å²) in [7, 11) is 0. The summed E-state index contributed by atoms with van der Waals surface area (Å²) in [5, 5.41) is 16.7. The summed E-state index contributed by atoms with van der Waals surface area (Å²) in [5.74, 6) is -1.79. The van der Waals surface area contributed by atoms with E-state index in [4.69, 9.17) is 23.8 Å². The minimum absolute atomic E-state index is 0.0190. The molecule has 2 rings (SSSR count). The highest BCUT2D eigenvalue weighted by molar-refractivity contribution is 7.80. The van der Waals surface area contributed by atoms with Crippen LogP contribution in [0, 0.1) is 0 Å². The molecule has 0 fully saturated rings. The van der Waals surface area contributed by atoms with Gasteiger partial charge in [-0.3, -0.25) is 10.1 Å². The first-order valence-corrected chi connectivity index (χ1v) is 7.60. The topological polar surface area (TPSA) is 81.3 Å². The van der Waals surface area contributed by atoms with Gasteiger partial charge in [-0.25, -0.2) is 0 Å². The number of carbonyl (C=O) groups is 2. The van der Waals surface area contributed by atoms with Gasteiger partial charge in [0, 0.05) is 22.3 Å². The molecule has 24 heavy (non-hydrogen) atoms. The normalized spacial score (nSPS) is 10.4. The summed E-state index contributed by atoms with van der Waals surface area (Å²) >= 11 is 10.8. The van der Waals surface area contributed by atoms with Crippen molar-refractivity contribution in [3.63, 3.8) is 0 Å². The van der Waals surface area contributed by atoms with Gasteiger partial charge in [0.25, 0.3) is 0 Å². The Bertz CT molecular complexity index is 804. The molecule has 0 atom stereocenters. The lowest BCUT2D eigenvalue weighted by Gasteiger charge is -2.13. The average molecular weight is 360 g/mol. The molecule has 0 aliphatic carbocycles. The third kappa shape index (κ3) is 5.19. The van der Waals surface area contributed by atoms with E-state index in [1.807, 2.05) is 0 Å². The molecule has 0 aliphatic heterocycles. The molecule has 0 heterocycles. The molecule has 2 aromatic rings. The van der Waals surface area contributed by atoms with Gasteiger partial charge in [0.05, 0.1) is 5.97 Å². The van der Waals surface area contributed by atoms with Crippen LogP contribution in [0.5, 0.6) is 0 Å². The number of anilines is 1. The summed E-state index contributed by atoms with van der Waals surface area (Å²) in [5.41, 5.74) is 0.992. The number of carbonyl (C=O) groups excluding carboxylic acids is 2. The number of benzene rings is 2. The van der Waals surface area contributed by atoms with Crippen LogP contribution in [0.15, 0.2) is 54.6 Å². The zero-order chi connectivity index (χ0) is 17.5. The van der Waals surface area contributed by atoms with E-state index in [1.165, 1.54) is 18.2 Å². The van der Waals surface area contributed by atoms with Crippen LogP contribution in [0.3, 0.4) is 0 Å². The van der Waals surface area contributed by atoms with Gasteiger partial charge in [-0.15, -0.1) is 0 Å². The monoisotopic (exact) mass is 359 g/mol. The SMILES string of the molecule is O=C(/C=C/c1ccc(Cl)cc1)NC(=S)Nc1ccccc1C(=O)[O-]. The van der Waals surface area contributed by atoms with E-state index in [0.29, 0.717) is 5.02 Å². The number of halogens is 1. The maximum absolute atomic E-state index is 11.8. The molecule has 5 nitrogen and oxygen atoms in total. The predicted octanol–water partition coefficient (Wildman–Crippen LogP) is 2.23. The maximum Gasteiger partial charge on any atom is 0.250 e. The minimum Gasteiger partial charge on any atom is -0.545 e. The number of rotatable bonds is 4. The third-order valence-corrected chi connectivity index (χ3v) is 3.39. The molecule has 0 aromatic heterocycles. The number of hydrogen-bond donors (Lipinski definition) is 2. The molecule has 0 saturated heterocycles. The van der Waals surface area contributed by atoms with Crippen LogP contribution in [-0.4, -0.2) is 17.0 Å². The minimum atomic E-state index is -1.34. The van der Waals surface area contributed by atoms with E-state index in [1.54, 1.807) is 42.5 Å². The lowest BCUT2D eigenvalue weighted by molar-refractivity contribution is -0.254. The summed E-state index contributed by atoms with van der Waals surface area (Å²) in [6.07, 6.45) is 2.91. The van der Waals surface area contributed by atoms with Gasteiger partial charge in [-0.2, -0.15) is 0 Å². The van der Waals surface area contributed by atoms with E-state index >= 15 is 0 Å². The van der Waals surface area contributed by atoms with Crippen molar-refractivity contribution < 1.29 is 14.7 Å². The van der Waals surface area contributed by atoms with Gasteiger partial charge >= 0.3 is 0 Å². The van der Waals surface area contributed by atoms with Crippen molar-refractivity contribution >= 4 is 52.6 Å². The molecule has 2 N–H and O–H groups in total. The van der Waals surface area contributed by atoms with Crippen molar-refractivity contribution in [2.75, 3.05) is 5.32 Å². The fraction of sp³-hybridized carbons (Fsp3) is 0. The molecule has 2 aromatic carbocycles. The second kappa shape index (κ2) is 8.24. The van der Waals surface area contributed by atoms with Gasteiger partial charge in [0.1, 0.15) is 0 Å². The van der Waals surface area contributed by atoms with Gasteiger partial charge in [-0.1, -0.05) is 41.9 Å². The Morgan fingerprint density at radius 2 is 1.75 bits per heavy atom. The first-order chi connectivity index (χ1) is 11.5. The standard InChI is InChI=1S/C17H13ClN2O3S/c18-12-8-5-11(6-9-12)7-10-15(21)20-17(24)19-14-4-2-1-3-13(14)16(22)23/h1-10H,(H,22,23)(H2,19,20,21,24)/p-1/b10-7+. The lowest BCUT2D eigenvalue weighted by Crippen LogP contribution is -2.34. The maximum atomic E-state index is 11.8. The molecule has 0 radical (unpaired) electrons. The zero-order valence-corrected chi connectivity index (χ0v) is 13.9. The number of carboxylic acid groups (broad SMARTS) is 1. The summed E-state index contributed by atoms with van der Waals surface area (Å²) in [6, 6.07) is 13.0. The fourth-order valence-corrected chi connectivity index (χ4v) is 2.16. The Labute approximate surface area is 149 Å². The Kier molecular flexibility index (Phi) is 6.06. The molecular weight excluding hydrogens is 348 g/mol. The third-order valence-electron chi connectivity index (χ3n) is 2.93. The van der Waals surface area contributed by atoms with Crippen molar-refractivity contribution in [3.05, 3.63) is 70.8 Å². The number of thiocarbonyl (C=S) groups is 1. The number of carboxylic acids is 1. The van der Waals surface area contributed by atoms with Crippen molar-refractivity contribution in [1.82, 2.24) is 5.32 Å². The summed E-state index contributed by atoms with van der Waals surface area (Å²) in [4.78, 5) is 22.8.